The number of hydrogen-bond acceptors (Lipinski definition) is 4. The molecule has 0 aromatic carbocycles. The van der Waals surface area contributed by atoms with Crippen LogP contribution in [-0.4, -0.2) is 16.7 Å². The molecule has 1 aromatic heterocycles. The van der Waals surface area contributed by atoms with E-state index in [1.165, 1.54) is 25.7 Å². The fourth-order valence-electron chi connectivity index (χ4n) is 3.13. The van der Waals surface area contributed by atoms with Gasteiger partial charge >= 0.3 is 0 Å². The van der Waals surface area contributed by atoms with Gasteiger partial charge in [-0.15, -0.1) is 0 Å². The standard InChI is InChI=1S/C15H27N3O/c1-4-11-5-6-12(8-11)14-17-15(19-18-14)13(9-16)7-10(2)3/h10-13H,4-9,16H2,1-3H3. The van der Waals surface area contributed by atoms with Gasteiger partial charge in [-0.2, -0.15) is 4.98 Å². The molecule has 3 unspecified atom stereocenters. The summed E-state index contributed by atoms with van der Waals surface area (Å²) in [5, 5.41) is 4.20. The molecule has 0 bridgehead atoms. The second-order valence-electron chi connectivity index (χ2n) is 6.34. The smallest absolute Gasteiger partial charge is 0.231 e. The van der Waals surface area contributed by atoms with Crippen LogP contribution in [0.3, 0.4) is 0 Å². The van der Waals surface area contributed by atoms with Crippen molar-refractivity contribution >= 4 is 0 Å². The van der Waals surface area contributed by atoms with Crippen molar-refractivity contribution < 1.29 is 4.52 Å². The van der Waals surface area contributed by atoms with Gasteiger partial charge in [0, 0.05) is 12.5 Å². The highest BCUT2D eigenvalue weighted by atomic mass is 16.5. The van der Waals surface area contributed by atoms with Crippen LogP contribution in [0.15, 0.2) is 4.52 Å². The molecule has 19 heavy (non-hydrogen) atoms. The van der Waals surface area contributed by atoms with Crippen molar-refractivity contribution in [3.8, 4) is 0 Å². The predicted octanol–water partition coefficient (Wildman–Crippen LogP) is 3.45. The van der Waals surface area contributed by atoms with Crippen LogP contribution in [0, 0.1) is 11.8 Å². The molecule has 0 radical (unpaired) electrons. The number of hydrogen-bond donors (Lipinski definition) is 1. The quantitative estimate of drug-likeness (QED) is 0.855. The van der Waals surface area contributed by atoms with E-state index in [-0.39, 0.29) is 5.92 Å². The Morgan fingerprint density at radius 3 is 2.74 bits per heavy atom. The van der Waals surface area contributed by atoms with Gasteiger partial charge in [-0.05, 0) is 37.5 Å². The second kappa shape index (κ2) is 6.51. The lowest BCUT2D eigenvalue weighted by Gasteiger charge is -2.12. The van der Waals surface area contributed by atoms with Gasteiger partial charge in [-0.1, -0.05) is 32.3 Å². The molecular formula is C15H27N3O. The zero-order valence-corrected chi connectivity index (χ0v) is 12.4. The van der Waals surface area contributed by atoms with Crippen LogP contribution in [0.2, 0.25) is 0 Å². The molecule has 2 N–H and O–H groups in total. The Labute approximate surface area is 116 Å². The highest BCUT2D eigenvalue weighted by molar-refractivity contribution is 5.02. The zero-order chi connectivity index (χ0) is 13.8. The lowest BCUT2D eigenvalue weighted by molar-refractivity contribution is 0.330. The topological polar surface area (TPSA) is 64.9 Å². The van der Waals surface area contributed by atoms with Crippen LogP contribution < -0.4 is 5.73 Å². The molecule has 1 heterocycles. The Hall–Kier alpha value is -0.900. The highest BCUT2D eigenvalue weighted by Gasteiger charge is 2.29. The third kappa shape index (κ3) is 3.56. The van der Waals surface area contributed by atoms with Crippen molar-refractivity contribution in [1.82, 2.24) is 10.1 Å². The predicted molar refractivity (Wildman–Crippen MR) is 75.9 cm³/mol. The maximum absolute atomic E-state index is 5.83. The third-order valence-electron chi connectivity index (χ3n) is 4.33. The third-order valence-corrected chi connectivity index (χ3v) is 4.33. The number of rotatable bonds is 6. The van der Waals surface area contributed by atoms with E-state index in [4.69, 9.17) is 10.3 Å². The van der Waals surface area contributed by atoms with Crippen LogP contribution in [0.1, 0.15) is 76.4 Å². The fourth-order valence-corrected chi connectivity index (χ4v) is 3.13. The second-order valence-corrected chi connectivity index (χ2v) is 6.34. The zero-order valence-electron chi connectivity index (χ0n) is 12.4. The normalized spacial score (nSPS) is 25.1. The molecule has 1 aromatic rings. The minimum atomic E-state index is 0.213. The SMILES string of the molecule is CCC1CCC(c2noc(C(CN)CC(C)C)n2)C1. The molecule has 4 nitrogen and oxygen atoms in total. The van der Waals surface area contributed by atoms with Crippen LogP contribution in [0.4, 0.5) is 0 Å². The van der Waals surface area contributed by atoms with Crippen molar-refractivity contribution in [2.45, 2.75) is 64.7 Å². The first-order valence-corrected chi connectivity index (χ1v) is 7.67. The van der Waals surface area contributed by atoms with Crippen molar-refractivity contribution in [1.29, 1.82) is 0 Å². The largest absolute Gasteiger partial charge is 0.339 e. The summed E-state index contributed by atoms with van der Waals surface area (Å²) in [4.78, 5) is 4.63. The summed E-state index contributed by atoms with van der Waals surface area (Å²) in [5.74, 6) is 3.80. The van der Waals surface area contributed by atoms with E-state index in [2.05, 4.69) is 30.9 Å². The van der Waals surface area contributed by atoms with E-state index < -0.39 is 0 Å². The summed E-state index contributed by atoms with van der Waals surface area (Å²) in [7, 11) is 0. The molecule has 2 rings (SSSR count). The Morgan fingerprint density at radius 2 is 2.16 bits per heavy atom. The van der Waals surface area contributed by atoms with Crippen LogP contribution in [0.5, 0.6) is 0 Å². The van der Waals surface area contributed by atoms with Crippen molar-refractivity contribution in [3.05, 3.63) is 11.7 Å². The Bertz CT molecular complexity index is 388. The summed E-state index contributed by atoms with van der Waals surface area (Å²) in [6, 6.07) is 0. The van der Waals surface area contributed by atoms with Gasteiger partial charge in [-0.3, -0.25) is 0 Å². The maximum atomic E-state index is 5.83. The summed E-state index contributed by atoms with van der Waals surface area (Å²) in [6.07, 6.45) is 6.00. The monoisotopic (exact) mass is 265 g/mol. The molecule has 0 saturated heterocycles. The molecular weight excluding hydrogens is 238 g/mol. The fraction of sp³-hybridized carbons (Fsp3) is 0.867. The maximum Gasteiger partial charge on any atom is 0.231 e. The average molecular weight is 265 g/mol. The summed E-state index contributed by atoms with van der Waals surface area (Å²) in [6.45, 7) is 7.25. The highest BCUT2D eigenvalue weighted by Crippen LogP contribution is 2.38. The Morgan fingerprint density at radius 1 is 1.37 bits per heavy atom. The lowest BCUT2D eigenvalue weighted by Crippen LogP contribution is -2.15. The van der Waals surface area contributed by atoms with E-state index in [9.17, 15) is 0 Å². The molecule has 1 aliphatic rings. The van der Waals surface area contributed by atoms with Gasteiger partial charge in [0.2, 0.25) is 5.89 Å². The van der Waals surface area contributed by atoms with Gasteiger partial charge in [0.15, 0.2) is 5.82 Å². The van der Waals surface area contributed by atoms with Gasteiger partial charge < -0.3 is 10.3 Å². The number of aromatic nitrogens is 2. The minimum absolute atomic E-state index is 0.213. The first-order valence-electron chi connectivity index (χ1n) is 7.67. The van der Waals surface area contributed by atoms with Crippen LogP contribution in [-0.2, 0) is 0 Å². The molecule has 1 aliphatic carbocycles. The van der Waals surface area contributed by atoms with Crippen molar-refractivity contribution in [2.75, 3.05) is 6.54 Å². The van der Waals surface area contributed by atoms with E-state index in [1.54, 1.807) is 0 Å². The van der Waals surface area contributed by atoms with E-state index >= 15 is 0 Å². The molecule has 3 atom stereocenters. The molecule has 0 amide bonds. The summed E-state index contributed by atoms with van der Waals surface area (Å²) < 4.78 is 5.46. The van der Waals surface area contributed by atoms with Crippen LogP contribution >= 0.6 is 0 Å². The summed E-state index contributed by atoms with van der Waals surface area (Å²) >= 11 is 0. The molecule has 0 spiro atoms. The number of nitrogens with two attached hydrogens (primary N) is 1. The van der Waals surface area contributed by atoms with Crippen molar-refractivity contribution in [3.63, 3.8) is 0 Å². The van der Waals surface area contributed by atoms with E-state index in [0.717, 1.165) is 24.1 Å². The first-order chi connectivity index (χ1) is 9.13. The van der Waals surface area contributed by atoms with Crippen LogP contribution in [0.25, 0.3) is 0 Å². The van der Waals surface area contributed by atoms with Crippen molar-refractivity contribution in [2.24, 2.45) is 17.6 Å². The van der Waals surface area contributed by atoms with Gasteiger partial charge in [-0.25, -0.2) is 0 Å². The van der Waals surface area contributed by atoms with E-state index in [0.29, 0.717) is 18.4 Å². The minimum Gasteiger partial charge on any atom is -0.339 e. The Balaban J connectivity index is 2.02. The average Bonchev–Trinajstić information content (AvgIpc) is 3.03. The van der Waals surface area contributed by atoms with E-state index in [1.807, 2.05) is 0 Å². The molecule has 1 fully saturated rings. The Kier molecular flexibility index (Phi) is 4.97. The van der Waals surface area contributed by atoms with Gasteiger partial charge in [0.05, 0.1) is 5.92 Å². The first kappa shape index (κ1) is 14.5. The summed E-state index contributed by atoms with van der Waals surface area (Å²) in [5.41, 5.74) is 5.83. The molecule has 108 valence electrons. The molecule has 4 heteroatoms. The van der Waals surface area contributed by atoms with Gasteiger partial charge in [0.1, 0.15) is 0 Å². The lowest BCUT2D eigenvalue weighted by atomic mass is 9.97. The van der Waals surface area contributed by atoms with Gasteiger partial charge in [0.25, 0.3) is 0 Å². The molecule has 1 saturated carbocycles. The molecule has 0 aliphatic heterocycles. The number of nitrogens with zero attached hydrogens (tertiary/aromatic N) is 2.